The Morgan fingerprint density at radius 1 is 1.04 bits per heavy atom. The molecule has 3 aromatic rings. The van der Waals surface area contributed by atoms with Crippen molar-refractivity contribution in [2.75, 3.05) is 12.4 Å². The lowest BCUT2D eigenvalue weighted by Crippen LogP contribution is -2.16. The van der Waals surface area contributed by atoms with Crippen molar-refractivity contribution in [3.63, 3.8) is 0 Å². The predicted octanol–water partition coefficient (Wildman–Crippen LogP) is 6.03. The van der Waals surface area contributed by atoms with Crippen molar-refractivity contribution < 1.29 is 9.13 Å². The standard InChI is InChI=1S/C23H26FNO2S/c1-4-6-7-12-27-22-11-9-17(28-5-2)14-20(22)21-15-25(3)23(26)18-10-8-16(24)13-19(18)21/h8-11,13-15H,4-7,12H2,1-3H3. The van der Waals surface area contributed by atoms with Crippen molar-refractivity contribution in [1.29, 1.82) is 0 Å². The summed E-state index contributed by atoms with van der Waals surface area (Å²) in [7, 11) is 1.72. The number of aromatic nitrogens is 1. The number of fused-ring (bicyclic) bond motifs is 1. The van der Waals surface area contributed by atoms with Gasteiger partial charge in [-0.3, -0.25) is 4.79 Å². The Bertz CT molecular complexity index is 1030. The molecule has 148 valence electrons. The lowest BCUT2D eigenvalue weighted by molar-refractivity contribution is 0.307. The van der Waals surface area contributed by atoms with Gasteiger partial charge in [-0.2, -0.15) is 0 Å². The van der Waals surface area contributed by atoms with Crippen LogP contribution in [0.3, 0.4) is 0 Å². The maximum Gasteiger partial charge on any atom is 0.258 e. The maximum atomic E-state index is 14.0. The third kappa shape index (κ3) is 4.41. The molecule has 0 spiro atoms. The summed E-state index contributed by atoms with van der Waals surface area (Å²) in [5.74, 6) is 1.37. The van der Waals surface area contributed by atoms with Crippen molar-refractivity contribution in [2.24, 2.45) is 7.05 Å². The van der Waals surface area contributed by atoms with Crippen molar-refractivity contribution in [2.45, 2.75) is 38.0 Å². The van der Waals surface area contributed by atoms with E-state index in [4.69, 9.17) is 4.74 Å². The van der Waals surface area contributed by atoms with Crippen LogP contribution >= 0.6 is 11.8 Å². The van der Waals surface area contributed by atoms with Crippen LogP contribution in [0.1, 0.15) is 33.1 Å². The summed E-state index contributed by atoms with van der Waals surface area (Å²) < 4.78 is 21.6. The molecule has 0 saturated carbocycles. The Hall–Kier alpha value is -2.27. The maximum absolute atomic E-state index is 14.0. The van der Waals surface area contributed by atoms with Crippen LogP contribution in [0.4, 0.5) is 4.39 Å². The molecule has 0 aliphatic heterocycles. The number of benzene rings is 2. The van der Waals surface area contributed by atoms with Crippen molar-refractivity contribution in [3.8, 4) is 16.9 Å². The van der Waals surface area contributed by atoms with Gasteiger partial charge in [-0.05, 0) is 54.0 Å². The number of pyridine rings is 1. The van der Waals surface area contributed by atoms with Crippen LogP contribution in [0.15, 0.2) is 52.3 Å². The summed E-state index contributed by atoms with van der Waals surface area (Å²) in [6.45, 7) is 4.91. The number of thioether (sulfide) groups is 1. The molecular formula is C23H26FNO2S. The molecule has 0 atom stereocenters. The molecule has 3 rings (SSSR count). The molecule has 1 aromatic heterocycles. The van der Waals surface area contributed by atoms with Gasteiger partial charge in [-0.25, -0.2) is 4.39 Å². The van der Waals surface area contributed by atoms with Crippen molar-refractivity contribution in [3.05, 3.63) is 58.8 Å². The van der Waals surface area contributed by atoms with Gasteiger partial charge in [-0.1, -0.05) is 26.7 Å². The van der Waals surface area contributed by atoms with Gasteiger partial charge in [0.15, 0.2) is 0 Å². The number of aryl methyl sites for hydroxylation is 1. The zero-order chi connectivity index (χ0) is 20.1. The molecule has 0 unspecified atom stereocenters. The summed E-state index contributed by atoms with van der Waals surface area (Å²) in [4.78, 5) is 13.6. The number of hydrogen-bond donors (Lipinski definition) is 0. The molecular weight excluding hydrogens is 373 g/mol. The Kier molecular flexibility index (Phi) is 6.79. The monoisotopic (exact) mass is 399 g/mol. The van der Waals surface area contributed by atoms with E-state index in [9.17, 15) is 9.18 Å². The van der Waals surface area contributed by atoms with E-state index in [2.05, 4.69) is 26.0 Å². The van der Waals surface area contributed by atoms with Gasteiger partial charge >= 0.3 is 0 Å². The minimum atomic E-state index is -0.355. The van der Waals surface area contributed by atoms with Crippen LogP contribution in [0.5, 0.6) is 5.75 Å². The first kappa shape index (κ1) is 20.5. The highest BCUT2D eigenvalue weighted by Gasteiger charge is 2.15. The third-order valence-electron chi connectivity index (χ3n) is 4.70. The molecule has 0 amide bonds. The highest BCUT2D eigenvalue weighted by molar-refractivity contribution is 7.99. The smallest absolute Gasteiger partial charge is 0.258 e. The molecule has 0 N–H and O–H groups in total. The minimum absolute atomic E-state index is 0.136. The molecule has 0 radical (unpaired) electrons. The van der Waals surface area contributed by atoms with Crippen LogP contribution in [-0.4, -0.2) is 16.9 Å². The highest BCUT2D eigenvalue weighted by Crippen LogP contribution is 2.37. The summed E-state index contributed by atoms with van der Waals surface area (Å²) >= 11 is 1.74. The van der Waals surface area contributed by atoms with Gasteiger partial charge in [0.05, 0.1) is 6.61 Å². The first-order valence-electron chi connectivity index (χ1n) is 9.74. The lowest BCUT2D eigenvalue weighted by atomic mass is 9.99. The van der Waals surface area contributed by atoms with E-state index >= 15 is 0 Å². The summed E-state index contributed by atoms with van der Waals surface area (Å²) in [5, 5.41) is 1.12. The second-order valence-corrected chi connectivity index (χ2v) is 8.13. The number of halogens is 1. The van der Waals surface area contributed by atoms with Crippen LogP contribution in [-0.2, 0) is 7.05 Å². The van der Waals surface area contributed by atoms with E-state index in [1.807, 2.05) is 6.07 Å². The Balaban J connectivity index is 2.17. The van der Waals surface area contributed by atoms with E-state index in [1.54, 1.807) is 35.6 Å². The topological polar surface area (TPSA) is 31.2 Å². The molecule has 28 heavy (non-hydrogen) atoms. The fourth-order valence-corrected chi connectivity index (χ4v) is 3.99. The second-order valence-electron chi connectivity index (χ2n) is 6.80. The molecule has 3 nitrogen and oxygen atoms in total. The average Bonchev–Trinajstić information content (AvgIpc) is 2.69. The quantitative estimate of drug-likeness (QED) is 0.342. The van der Waals surface area contributed by atoms with E-state index in [1.165, 1.54) is 12.1 Å². The molecule has 5 heteroatoms. The number of unbranched alkanes of at least 4 members (excludes halogenated alkanes) is 2. The molecule has 0 fully saturated rings. The molecule has 2 aromatic carbocycles. The lowest BCUT2D eigenvalue weighted by Gasteiger charge is -2.16. The number of hydrogen-bond acceptors (Lipinski definition) is 3. The largest absolute Gasteiger partial charge is 0.493 e. The van der Waals surface area contributed by atoms with E-state index in [0.29, 0.717) is 17.4 Å². The Morgan fingerprint density at radius 2 is 1.86 bits per heavy atom. The van der Waals surface area contributed by atoms with Gasteiger partial charge in [-0.15, -0.1) is 11.8 Å². The molecule has 0 aliphatic carbocycles. The van der Waals surface area contributed by atoms with Crippen molar-refractivity contribution in [1.82, 2.24) is 4.57 Å². The van der Waals surface area contributed by atoms with Crippen LogP contribution in [0, 0.1) is 5.82 Å². The van der Waals surface area contributed by atoms with E-state index < -0.39 is 0 Å². The van der Waals surface area contributed by atoms with Gasteiger partial charge in [0.25, 0.3) is 5.56 Å². The number of nitrogens with zero attached hydrogens (tertiary/aromatic N) is 1. The fourth-order valence-electron chi connectivity index (χ4n) is 3.29. The van der Waals surface area contributed by atoms with Gasteiger partial charge in [0.1, 0.15) is 11.6 Å². The van der Waals surface area contributed by atoms with Gasteiger partial charge in [0.2, 0.25) is 0 Å². The van der Waals surface area contributed by atoms with Crippen LogP contribution < -0.4 is 10.3 Å². The average molecular weight is 400 g/mol. The Morgan fingerprint density at radius 3 is 2.61 bits per heavy atom. The summed E-state index contributed by atoms with van der Waals surface area (Å²) in [6, 6.07) is 10.4. The molecule has 0 saturated heterocycles. The normalized spacial score (nSPS) is 11.1. The summed E-state index contributed by atoms with van der Waals surface area (Å²) in [5.41, 5.74) is 1.56. The second kappa shape index (κ2) is 9.28. The zero-order valence-corrected chi connectivity index (χ0v) is 17.4. The fraction of sp³-hybridized carbons (Fsp3) is 0.348. The predicted molar refractivity (Wildman–Crippen MR) is 116 cm³/mol. The van der Waals surface area contributed by atoms with Gasteiger partial charge < -0.3 is 9.30 Å². The summed E-state index contributed by atoms with van der Waals surface area (Å²) in [6.07, 6.45) is 5.02. The number of rotatable bonds is 8. The molecule has 0 bridgehead atoms. The Labute approximate surface area is 169 Å². The van der Waals surface area contributed by atoms with Crippen molar-refractivity contribution >= 4 is 22.5 Å². The zero-order valence-electron chi connectivity index (χ0n) is 16.6. The first-order valence-corrected chi connectivity index (χ1v) is 10.7. The first-order chi connectivity index (χ1) is 13.5. The van der Waals surface area contributed by atoms with E-state index in [0.717, 1.165) is 46.8 Å². The number of ether oxygens (including phenoxy) is 1. The molecule has 1 heterocycles. The van der Waals surface area contributed by atoms with Gasteiger partial charge in [0, 0.05) is 34.7 Å². The van der Waals surface area contributed by atoms with Crippen LogP contribution in [0.2, 0.25) is 0 Å². The van der Waals surface area contributed by atoms with E-state index in [-0.39, 0.29) is 11.4 Å². The highest BCUT2D eigenvalue weighted by atomic mass is 32.2. The third-order valence-corrected chi connectivity index (χ3v) is 5.58. The minimum Gasteiger partial charge on any atom is -0.493 e. The molecule has 0 aliphatic rings. The van der Waals surface area contributed by atoms with Crippen LogP contribution in [0.25, 0.3) is 21.9 Å². The SMILES string of the molecule is CCCCCOc1ccc(SCC)cc1-c1cn(C)c(=O)c2ccc(F)cc12.